The Hall–Kier alpha value is -1.58. The second kappa shape index (κ2) is 3.97. The average Bonchev–Trinajstić information content (AvgIpc) is 2.25. The van der Waals surface area contributed by atoms with Crippen molar-refractivity contribution in [1.29, 1.82) is 0 Å². The molecule has 0 N–H and O–H groups in total. The molecule has 0 amide bonds. The van der Waals surface area contributed by atoms with Crippen molar-refractivity contribution in [2.45, 2.75) is 32.4 Å². The minimum atomic E-state index is -4.35. The number of fused-ring (bicyclic) bond motifs is 1. The summed E-state index contributed by atoms with van der Waals surface area (Å²) in [5, 5.41) is 0.164. The third-order valence-electron chi connectivity index (χ3n) is 2.91. The van der Waals surface area contributed by atoms with Crippen LogP contribution >= 0.6 is 0 Å². The molecule has 2 aromatic rings. The Balaban J connectivity index is 2.74. The van der Waals surface area contributed by atoms with Crippen LogP contribution in [0.3, 0.4) is 0 Å². The molecule has 18 heavy (non-hydrogen) atoms. The Morgan fingerprint density at radius 3 is 2.22 bits per heavy atom. The molecule has 0 atom stereocenters. The molecule has 0 bridgehead atoms. The zero-order chi connectivity index (χ0) is 13.6. The third-order valence-corrected chi connectivity index (χ3v) is 2.91. The van der Waals surface area contributed by atoms with E-state index in [-0.39, 0.29) is 10.8 Å². The van der Waals surface area contributed by atoms with E-state index in [4.69, 9.17) is 0 Å². The second-order valence-corrected chi connectivity index (χ2v) is 5.34. The highest BCUT2D eigenvalue weighted by Gasteiger charge is 2.32. The van der Waals surface area contributed by atoms with E-state index >= 15 is 0 Å². The van der Waals surface area contributed by atoms with Gasteiger partial charge in [0, 0.05) is 11.6 Å². The van der Waals surface area contributed by atoms with Crippen molar-refractivity contribution < 1.29 is 13.2 Å². The standard InChI is InChI=1S/C14H14F3N/c1-13(2,3)9-4-5-12-10(8-9)11(6-7-18-12)14(15,16)17/h4-8H,1-3H3. The Labute approximate surface area is 104 Å². The molecule has 1 nitrogen and oxygen atoms in total. The zero-order valence-corrected chi connectivity index (χ0v) is 10.5. The summed E-state index contributed by atoms with van der Waals surface area (Å²) in [6.07, 6.45) is -3.15. The SMILES string of the molecule is CC(C)(C)c1ccc2nccc(C(F)(F)F)c2c1. The van der Waals surface area contributed by atoms with Crippen LogP contribution in [0, 0.1) is 0 Å². The van der Waals surface area contributed by atoms with Gasteiger partial charge in [0.15, 0.2) is 0 Å². The summed E-state index contributed by atoms with van der Waals surface area (Å²) in [5.41, 5.74) is 0.428. The van der Waals surface area contributed by atoms with Gasteiger partial charge in [0.05, 0.1) is 11.1 Å². The van der Waals surface area contributed by atoms with Crippen LogP contribution in [-0.4, -0.2) is 4.98 Å². The molecule has 0 fully saturated rings. The summed E-state index contributed by atoms with van der Waals surface area (Å²) in [6.45, 7) is 5.91. The van der Waals surface area contributed by atoms with Gasteiger partial charge in [-0.15, -0.1) is 0 Å². The van der Waals surface area contributed by atoms with E-state index in [9.17, 15) is 13.2 Å². The normalized spacial score (nSPS) is 13.0. The Kier molecular flexibility index (Phi) is 2.84. The highest BCUT2D eigenvalue weighted by molar-refractivity contribution is 5.83. The number of halogens is 3. The van der Waals surface area contributed by atoms with E-state index in [0.29, 0.717) is 5.52 Å². The lowest BCUT2D eigenvalue weighted by atomic mass is 9.86. The van der Waals surface area contributed by atoms with Crippen molar-refractivity contribution in [2.24, 2.45) is 0 Å². The fraction of sp³-hybridized carbons (Fsp3) is 0.357. The molecule has 1 aromatic carbocycles. The molecular weight excluding hydrogens is 239 g/mol. The quantitative estimate of drug-likeness (QED) is 0.671. The number of alkyl halides is 3. The van der Waals surface area contributed by atoms with E-state index in [1.807, 2.05) is 26.8 Å². The molecule has 0 saturated carbocycles. The fourth-order valence-electron chi connectivity index (χ4n) is 1.86. The topological polar surface area (TPSA) is 12.9 Å². The van der Waals surface area contributed by atoms with Gasteiger partial charge in [0.25, 0.3) is 0 Å². The van der Waals surface area contributed by atoms with Crippen molar-refractivity contribution in [3.05, 3.63) is 41.6 Å². The molecule has 0 spiro atoms. The summed E-state index contributed by atoms with van der Waals surface area (Å²) in [7, 11) is 0. The highest BCUT2D eigenvalue weighted by atomic mass is 19.4. The van der Waals surface area contributed by atoms with E-state index in [2.05, 4.69) is 4.98 Å². The van der Waals surface area contributed by atoms with Gasteiger partial charge in [-0.2, -0.15) is 13.2 Å². The molecule has 1 heterocycles. The van der Waals surface area contributed by atoms with E-state index in [1.165, 1.54) is 6.20 Å². The predicted molar refractivity (Wildman–Crippen MR) is 65.4 cm³/mol. The lowest BCUT2D eigenvalue weighted by Crippen LogP contribution is -2.12. The molecule has 0 aliphatic rings. The molecule has 1 aromatic heterocycles. The minimum absolute atomic E-state index is 0.164. The number of nitrogens with zero attached hydrogens (tertiary/aromatic N) is 1. The first-order valence-electron chi connectivity index (χ1n) is 5.66. The maximum atomic E-state index is 12.9. The van der Waals surface area contributed by atoms with Gasteiger partial charge in [-0.1, -0.05) is 26.8 Å². The fourth-order valence-corrected chi connectivity index (χ4v) is 1.86. The van der Waals surface area contributed by atoms with Gasteiger partial charge in [0.2, 0.25) is 0 Å². The van der Waals surface area contributed by atoms with E-state index in [1.54, 1.807) is 12.1 Å². The number of rotatable bonds is 0. The first kappa shape index (κ1) is 12.9. The van der Waals surface area contributed by atoms with Crippen molar-refractivity contribution in [3.8, 4) is 0 Å². The monoisotopic (exact) mass is 253 g/mol. The van der Waals surface area contributed by atoms with Crippen LogP contribution in [0.2, 0.25) is 0 Å². The molecule has 96 valence electrons. The van der Waals surface area contributed by atoms with Crippen LogP contribution in [0.15, 0.2) is 30.5 Å². The first-order valence-corrected chi connectivity index (χ1v) is 5.66. The third kappa shape index (κ3) is 2.33. The second-order valence-electron chi connectivity index (χ2n) is 5.34. The van der Waals surface area contributed by atoms with Crippen LogP contribution < -0.4 is 0 Å². The highest BCUT2D eigenvalue weighted by Crippen LogP contribution is 2.35. The van der Waals surface area contributed by atoms with Crippen LogP contribution in [0.25, 0.3) is 10.9 Å². The Bertz CT molecular complexity index is 580. The lowest BCUT2D eigenvalue weighted by molar-refractivity contribution is -0.136. The number of benzene rings is 1. The Morgan fingerprint density at radius 1 is 1.00 bits per heavy atom. The summed E-state index contributed by atoms with van der Waals surface area (Å²) in [4.78, 5) is 3.98. The molecule has 0 aliphatic heterocycles. The van der Waals surface area contributed by atoms with Crippen molar-refractivity contribution in [3.63, 3.8) is 0 Å². The Morgan fingerprint density at radius 2 is 1.67 bits per heavy atom. The van der Waals surface area contributed by atoms with Crippen molar-refractivity contribution in [2.75, 3.05) is 0 Å². The molecule has 4 heteroatoms. The number of aromatic nitrogens is 1. The molecule has 0 unspecified atom stereocenters. The number of hydrogen-bond donors (Lipinski definition) is 0. The van der Waals surface area contributed by atoms with Crippen LogP contribution in [0.1, 0.15) is 31.9 Å². The van der Waals surface area contributed by atoms with Crippen LogP contribution in [0.4, 0.5) is 13.2 Å². The van der Waals surface area contributed by atoms with Gasteiger partial charge < -0.3 is 0 Å². The summed E-state index contributed by atoms with van der Waals surface area (Å²) >= 11 is 0. The number of hydrogen-bond acceptors (Lipinski definition) is 1. The lowest BCUT2D eigenvalue weighted by Gasteiger charge is -2.20. The molecule has 0 aliphatic carbocycles. The van der Waals surface area contributed by atoms with Crippen LogP contribution in [0.5, 0.6) is 0 Å². The molecule has 2 rings (SSSR count). The largest absolute Gasteiger partial charge is 0.417 e. The smallest absolute Gasteiger partial charge is 0.256 e. The van der Waals surface area contributed by atoms with Crippen LogP contribution in [-0.2, 0) is 11.6 Å². The zero-order valence-electron chi connectivity index (χ0n) is 10.5. The van der Waals surface area contributed by atoms with Crippen molar-refractivity contribution >= 4 is 10.9 Å². The van der Waals surface area contributed by atoms with Gasteiger partial charge >= 0.3 is 6.18 Å². The first-order chi connectivity index (χ1) is 8.19. The maximum Gasteiger partial charge on any atom is 0.417 e. The number of pyridine rings is 1. The van der Waals surface area contributed by atoms with Gasteiger partial charge in [-0.25, -0.2) is 0 Å². The van der Waals surface area contributed by atoms with Gasteiger partial charge in [0.1, 0.15) is 0 Å². The maximum absolute atomic E-state index is 12.9. The minimum Gasteiger partial charge on any atom is -0.256 e. The van der Waals surface area contributed by atoms with Gasteiger partial charge in [-0.3, -0.25) is 4.98 Å². The molecular formula is C14H14F3N. The molecule has 0 saturated heterocycles. The summed E-state index contributed by atoms with van der Waals surface area (Å²) in [6, 6.07) is 6.08. The summed E-state index contributed by atoms with van der Waals surface area (Å²) in [5.74, 6) is 0. The van der Waals surface area contributed by atoms with Gasteiger partial charge in [-0.05, 0) is 29.2 Å². The summed E-state index contributed by atoms with van der Waals surface area (Å²) < 4.78 is 38.8. The van der Waals surface area contributed by atoms with E-state index in [0.717, 1.165) is 11.6 Å². The average molecular weight is 253 g/mol. The predicted octanol–water partition coefficient (Wildman–Crippen LogP) is 4.55. The molecule has 0 radical (unpaired) electrons. The van der Waals surface area contributed by atoms with E-state index < -0.39 is 11.7 Å². The van der Waals surface area contributed by atoms with Crippen molar-refractivity contribution in [1.82, 2.24) is 4.98 Å².